The Kier molecular flexibility index (Phi) is 7.28. The zero-order valence-corrected chi connectivity index (χ0v) is 19.1. The minimum Gasteiger partial charge on any atom is -0.385 e. The van der Waals surface area contributed by atoms with Crippen LogP contribution in [0.1, 0.15) is 26.2 Å². The van der Waals surface area contributed by atoms with Crippen molar-refractivity contribution in [3.05, 3.63) is 47.4 Å². The van der Waals surface area contributed by atoms with E-state index >= 15 is 0 Å². The van der Waals surface area contributed by atoms with Crippen LogP contribution in [0.15, 0.2) is 47.4 Å². The topological polar surface area (TPSA) is 50.3 Å². The van der Waals surface area contributed by atoms with E-state index in [1.165, 1.54) is 37.1 Å². The summed E-state index contributed by atoms with van der Waals surface area (Å²) in [5.74, 6) is 0. The molecule has 0 aliphatic carbocycles. The summed E-state index contributed by atoms with van der Waals surface area (Å²) in [5.41, 5.74) is 5.04. The summed E-state index contributed by atoms with van der Waals surface area (Å²) in [5, 5.41) is 6.67. The highest BCUT2D eigenvalue weighted by Crippen LogP contribution is 2.29. The lowest BCUT2D eigenvalue weighted by molar-refractivity contribution is 0.155. The van der Waals surface area contributed by atoms with Crippen LogP contribution in [0.25, 0.3) is 20.4 Å². The molecule has 1 N–H and O–H groups in total. The summed E-state index contributed by atoms with van der Waals surface area (Å²) in [6, 6.07) is 11.2. The predicted molar refractivity (Wildman–Crippen MR) is 129 cm³/mol. The van der Waals surface area contributed by atoms with Crippen LogP contribution in [-0.2, 0) is 4.74 Å². The van der Waals surface area contributed by atoms with E-state index in [9.17, 15) is 0 Å². The van der Waals surface area contributed by atoms with Gasteiger partial charge in [-0.1, -0.05) is 6.92 Å². The van der Waals surface area contributed by atoms with Crippen molar-refractivity contribution in [2.24, 2.45) is 0 Å². The van der Waals surface area contributed by atoms with Gasteiger partial charge in [-0.25, -0.2) is 9.97 Å². The summed E-state index contributed by atoms with van der Waals surface area (Å²) in [6.07, 6.45) is 5.80. The van der Waals surface area contributed by atoms with Gasteiger partial charge in [0.1, 0.15) is 4.83 Å². The highest BCUT2D eigenvalue weighted by molar-refractivity contribution is 7.17. The van der Waals surface area contributed by atoms with Crippen molar-refractivity contribution < 1.29 is 4.74 Å². The number of thiophene rings is 1. The van der Waals surface area contributed by atoms with Crippen molar-refractivity contribution in [1.29, 1.82) is 0 Å². The van der Waals surface area contributed by atoms with Crippen LogP contribution in [0.3, 0.4) is 0 Å². The first-order chi connectivity index (χ1) is 14.8. The first-order valence-corrected chi connectivity index (χ1v) is 12.2. The van der Waals surface area contributed by atoms with Gasteiger partial charge in [0, 0.05) is 37.0 Å². The van der Waals surface area contributed by atoms with Crippen LogP contribution < -0.4 is 5.32 Å². The number of anilines is 2. The highest BCUT2D eigenvalue weighted by atomic mass is 32.1. The fraction of sp³-hybridized carbons (Fsp3) is 0.391. The molecule has 158 valence electrons. The van der Waals surface area contributed by atoms with E-state index in [-0.39, 0.29) is 0 Å². The van der Waals surface area contributed by atoms with Crippen molar-refractivity contribution in [3.63, 3.8) is 0 Å². The van der Waals surface area contributed by atoms with E-state index in [0.29, 0.717) is 0 Å². The number of thiazole rings is 1. The van der Waals surface area contributed by atoms with Crippen molar-refractivity contribution in [2.75, 3.05) is 32.1 Å². The molecular weight excluding hydrogens is 412 g/mol. The minimum atomic E-state index is 0.806. The first kappa shape index (κ1) is 21.2. The Hall–Kier alpha value is -2.06. The molecule has 5 nitrogen and oxygen atoms in total. The Morgan fingerprint density at radius 3 is 3.00 bits per heavy atom. The molecule has 1 unspecified atom stereocenters. The predicted octanol–water partition coefficient (Wildman–Crippen LogP) is 6.16. The van der Waals surface area contributed by atoms with E-state index in [2.05, 4.69) is 56.8 Å². The third-order valence-electron chi connectivity index (χ3n) is 5.54. The molecule has 1 aliphatic heterocycles. The number of hydrogen-bond donors (Lipinski definition) is 1. The second-order valence-corrected chi connectivity index (χ2v) is 9.14. The number of methoxy groups -OCH3 is 1. The Morgan fingerprint density at radius 1 is 1.20 bits per heavy atom. The van der Waals surface area contributed by atoms with Crippen LogP contribution in [0, 0.1) is 0 Å². The number of ether oxygens (including phenoxy) is 1. The third-order valence-corrected chi connectivity index (χ3v) is 7.17. The zero-order chi connectivity index (χ0) is 20.8. The summed E-state index contributed by atoms with van der Waals surface area (Å²) >= 11 is 3.31. The van der Waals surface area contributed by atoms with Gasteiger partial charge in [0.25, 0.3) is 0 Å². The lowest BCUT2D eigenvalue weighted by Gasteiger charge is -2.21. The molecule has 1 fully saturated rings. The summed E-state index contributed by atoms with van der Waals surface area (Å²) in [6.45, 7) is 5.66. The number of pyridine rings is 1. The van der Waals surface area contributed by atoms with Gasteiger partial charge in [0.2, 0.25) is 0 Å². The highest BCUT2D eigenvalue weighted by Gasteiger charge is 2.21. The Bertz CT molecular complexity index is 1080. The second kappa shape index (κ2) is 10.3. The zero-order valence-electron chi connectivity index (χ0n) is 17.5. The van der Waals surface area contributed by atoms with E-state index < -0.39 is 0 Å². The maximum atomic E-state index is 5.07. The van der Waals surface area contributed by atoms with E-state index in [1.54, 1.807) is 29.8 Å². The van der Waals surface area contributed by atoms with Gasteiger partial charge in [0.15, 0.2) is 0 Å². The Morgan fingerprint density at radius 2 is 2.13 bits per heavy atom. The monoisotopic (exact) mass is 440 g/mol. The molecule has 1 aromatic carbocycles. The van der Waals surface area contributed by atoms with Crippen molar-refractivity contribution in [1.82, 2.24) is 14.9 Å². The molecule has 1 aliphatic rings. The van der Waals surface area contributed by atoms with Crippen molar-refractivity contribution in [2.45, 2.75) is 32.2 Å². The average molecular weight is 441 g/mol. The molecule has 5 rings (SSSR count). The van der Waals surface area contributed by atoms with E-state index in [1.807, 2.05) is 17.8 Å². The van der Waals surface area contributed by atoms with E-state index in [4.69, 9.17) is 4.74 Å². The summed E-state index contributed by atoms with van der Waals surface area (Å²) in [7, 11) is 1.78. The van der Waals surface area contributed by atoms with Gasteiger partial charge in [-0.2, -0.15) is 0 Å². The first-order valence-electron chi connectivity index (χ1n) is 10.4. The molecular formula is C23H28N4OS2. The van der Waals surface area contributed by atoms with Gasteiger partial charge in [-0.3, -0.25) is 0 Å². The second-order valence-electron chi connectivity index (χ2n) is 7.36. The lowest BCUT2D eigenvalue weighted by atomic mass is 10.1. The molecule has 4 heterocycles. The molecule has 0 saturated carbocycles. The number of rotatable bonds is 6. The Labute approximate surface area is 185 Å². The molecule has 1 saturated heterocycles. The molecule has 0 amide bonds. The Balaban J connectivity index is 0.000000170. The largest absolute Gasteiger partial charge is 0.385 e. The van der Waals surface area contributed by atoms with E-state index in [0.717, 1.165) is 39.8 Å². The quantitative estimate of drug-likeness (QED) is 0.389. The number of aromatic nitrogens is 2. The normalized spacial score (nSPS) is 16.7. The maximum absolute atomic E-state index is 5.07. The van der Waals surface area contributed by atoms with Gasteiger partial charge >= 0.3 is 0 Å². The lowest BCUT2D eigenvalue weighted by Crippen LogP contribution is -2.29. The minimum absolute atomic E-state index is 0.806. The molecule has 0 spiro atoms. The number of hydrogen-bond acceptors (Lipinski definition) is 7. The maximum Gasteiger partial charge on any atom is 0.125 e. The third kappa shape index (κ3) is 4.98. The summed E-state index contributed by atoms with van der Waals surface area (Å²) < 4.78 is 6.28. The number of fused-ring (bicyclic) bond motifs is 2. The molecule has 30 heavy (non-hydrogen) atoms. The van der Waals surface area contributed by atoms with Crippen LogP contribution in [0.4, 0.5) is 11.4 Å². The smallest absolute Gasteiger partial charge is 0.125 e. The average Bonchev–Trinajstić information content (AvgIpc) is 3.52. The number of likely N-dealkylation sites (tertiary alicyclic amines) is 1. The fourth-order valence-corrected chi connectivity index (χ4v) is 5.39. The number of nitrogens with zero attached hydrogens (tertiary/aromatic N) is 3. The van der Waals surface area contributed by atoms with Gasteiger partial charge in [0.05, 0.1) is 21.4 Å². The van der Waals surface area contributed by atoms with Gasteiger partial charge in [-0.05, 0) is 68.1 Å². The van der Waals surface area contributed by atoms with Crippen LogP contribution in [0.2, 0.25) is 0 Å². The fourth-order valence-electron chi connectivity index (χ4n) is 3.97. The van der Waals surface area contributed by atoms with Gasteiger partial charge in [-0.15, -0.1) is 22.7 Å². The molecule has 4 aromatic rings. The van der Waals surface area contributed by atoms with Gasteiger partial charge < -0.3 is 15.0 Å². The van der Waals surface area contributed by atoms with Crippen LogP contribution in [-0.4, -0.2) is 47.7 Å². The number of benzene rings is 1. The van der Waals surface area contributed by atoms with Crippen molar-refractivity contribution in [3.8, 4) is 0 Å². The SMILES string of the molecule is CCN1CCCC1CCOC.c1cc(Nc2ccc3scnc3c2)c2ccsc2n1. The standard InChI is InChI=1S/C14H9N3S2.C9H19NO/c1-2-13-12(16-8-19-13)7-9(1)17-11-3-5-15-14-10(11)4-6-18-14;1-3-10-7-4-5-9(10)6-8-11-2/h1-8H,(H,15,17);9H,3-8H2,1-2H3. The molecule has 7 heteroatoms. The van der Waals surface area contributed by atoms with Crippen LogP contribution >= 0.6 is 22.7 Å². The molecule has 3 aromatic heterocycles. The van der Waals surface area contributed by atoms with Crippen molar-refractivity contribution >= 4 is 54.5 Å². The molecule has 0 bridgehead atoms. The number of nitrogens with one attached hydrogen (secondary N) is 1. The summed E-state index contributed by atoms with van der Waals surface area (Å²) in [4.78, 5) is 12.3. The molecule has 0 radical (unpaired) electrons. The molecule has 1 atom stereocenters. The van der Waals surface area contributed by atoms with Crippen LogP contribution in [0.5, 0.6) is 0 Å².